The molecular formula is C16H21BrN2O2. The molecule has 0 bridgehead atoms. The number of furan rings is 1. The highest BCUT2D eigenvalue weighted by Crippen LogP contribution is 2.28. The number of nitrogens with two attached hydrogens (primary N) is 1. The van der Waals surface area contributed by atoms with Crippen molar-refractivity contribution in [1.29, 1.82) is 0 Å². The summed E-state index contributed by atoms with van der Waals surface area (Å²) >= 11 is 3.44. The van der Waals surface area contributed by atoms with E-state index in [0.29, 0.717) is 31.0 Å². The first-order valence-corrected chi connectivity index (χ1v) is 7.84. The molecule has 21 heavy (non-hydrogen) atoms. The third-order valence-electron chi connectivity index (χ3n) is 3.55. The fourth-order valence-electron chi connectivity index (χ4n) is 2.20. The molecule has 0 saturated heterocycles. The van der Waals surface area contributed by atoms with Crippen molar-refractivity contribution in [1.82, 2.24) is 4.90 Å². The lowest BCUT2D eigenvalue weighted by atomic mass is 9.93. The number of carbonyl (C=O) groups excluding carboxylic acids is 1. The first kappa shape index (κ1) is 16.0. The number of carbonyl (C=O) groups is 1. The van der Waals surface area contributed by atoms with E-state index in [1.807, 2.05) is 25.1 Å². The fraction of sp³-hybridized carbons (Fsp3) is 0.438. The highest BCUT2D eigenvalue weighted by molar-refractivity contribution is 9.10. The minimum Gasteiger partial charge on any atom is -0.450 e. The maximum atomic E-state index is 12.6. The van der Waals surface area contributed by atoms with Gasteiger partial charge in [0, 0.05) is 18.5 Å². The van der Waals surface area contributed by atoms with Gasteiger partial charge < -0.3 is 15.1 Å². The molecule has 0 atom stereocenters. The number of amides is 1. The third-order valence-corrected chi connectivity index (χ3v) is 4.17. The lowest BCUT2D eigenvalue weighted by Crippen LogP contribution is -2.41. The van der Waals surface area contributed by atoms with Gasteiger partial charge in [0.15, 0.2) is 5.76 Å². The van der Waals surface area contributed by atoms with Crippen LogP contribution in [0.4, 0.5) is 0 Å². The van der Waals surface area contributed by atoms with E-state index >= 15 is 0 Å². The Bertz CT molecular complexity index is 649. The average molecular weight is 353 g/mol. The topological polar surface area (TPSA) is 59.5 Å². The van der Waals surface area contributed by atoms with Crippen molar-refractivity contribution in [2.24, 2.45) is 11.1 Å². The van der Waals surface area contributed by atoms with Crippen LogP contribution in [-0.4, -0.2) is 30.4 Å². The standard InChI is InChI=1S/C16H21BrN2O2/c1-4-19(10-16(2,3)9-18)15(20)13-8-11-6-5-7-12(17)14(11)21-13/h5-8H,4,9-10,18H2,1-3H3. The number of rotatable bonds is 5. The first-order valence-electron chi connectivity index (χ1n) is 7.05. The van der Waals surface area contributed by atoms with Gasteiger partial charge in [-0.3, -0.25) is 4.79 Å². The summed E-state index contributed by atoms with van der Waals surface area (Å²) in [7, 11) is 0. The number of hydrogen-bond donors (Lipinski definition) is 1. The van der Waals surface area contributed by atoms with Gasteiger partial charge in [-0.05, 0) is 46.9 Å². The molecule has 1 amide bonds. The van der Waals surface area contributed by atoms with Crippen LogP contribution < -0.4 is 5.73 Å². The number of hydrogen-bond acceptors (Lipinski definition) is 3. The zero-order valence-electron chi connectivity index (χ0n) is 12.6. The number of para-hydroxylation sites is 1. The molecule has 1 aromatic heterocycles. The van der Waals surface area contributed by atoms with Gasteiger partial charge in [0.05, 0.1) is 4.47 Å². The molecule has 0 aliphatic carbocycles. The molecule has 2 aromatic rings. The van der Waals surface area contributed by atoms with Gasteiger partial charge in [-0.15, -0.1) is 0 Å². The van der Waals surface area contributed by atoms with E-state index in [4.69, 9.17) is 10.2 Å². The zero-order chi connectivity index (χ0) is 15.6. The average Bonchev–Trinajstić information content (AvgIpc) is 2.89. The Kier molecular flexibility index (Phi) is 4.74. The lowest BCUT2D eigenvalue weighted by Gasteiger charge is -2.30. The molecule has 0 saturated carbocycles. The van der Waals surface area contributed by atoms with Crippen LogP contribution in [0.15, 0.2) is 33.2 Å². The first-order chi connectivity index (χ1) is 9.88. The summed E-state index contributed by atoms with van der Waals surface area (Å²) in [5.41, 5.74) is 6.35. The summed E-state index contributed by atoms with van der Waals surface area (Å²) < 4.78 is 6.57. The maximum absolute atomic E-state index is 12.6. The van der Waals surface area contributed by atoms with Crippen LogP contribution in [0.5, 0.6) is 0 Å². The molecule has 0 spiro atoms. The van der Waals surface area contributed by atoms with Crippen LogP contribution in [0.25, 0.3) is 11.0 Å². The predicted octanol–water partition coefficient (Wildman–Crippen LogP) is 3.64. The molecule has 1 aromatic carbocycles. The lowest BCUT2D eigenvalue weighted by molar-refractivity contribution is 0.0671. The van der Waals surface area contributed by atoms with E-state index < -0.39 is 0 Å². The van der Waals surface area contributed by atoms with Crippen LogP contribution in [0.2, 0.25) is 0 Å². The van der Waals surface area contributed by atoms with E-state index in [-0.39, 0.29) is 11.3 Å². The number of nitrogens with zero attached hydrogens (tertiary/aromatic N) is 1. The molecule has 4 nitrogen and oxygen atoms in total. The molecule has 0 aliphatic heterocycles. The third kappa shape index (κ3) is 3.47. The van der Waals surface area contributed by atoms with E-state index in [0.717, 1.165) is 9.86 Å². The minimum absolute atomic E-state index is 0.0953. The molecule has 114 valence electrons. The molecule has 0 unspecified atom stereocenters. The summed E-state index contributed by atoms with van der Waals surface area (Å²) in [4.78, 5) is 14.4. The van der Waals surface area contributed by atoms with Gasteiger partial charge in [0.25, 0.3) is 5.91 Å². The molecule has 2 rings (SSSR count). The van der Waals surface area contributed by atoms with E-state index in [2.05, 4.69) is 29.8 Å². The second-order valence-corrected chi connectivity index (χ2v) is 6.81. The summed E-state index contributed by atoms with van der Waals surface area (Å²) in [6, 6.07) is 7.54. The fourth-order valence-corrected chi connectivity index (χ4v) is 2.66. The van der Waals surface area contributed by atoms with E-state index in [1.54, 1.807) is 11.0 Å². The molecule has 5 heteroatoms. The molecule has 0 aliphatic rings. The molecule has 0 radical (unpaired) electrons. The van der Waals surface area contributed by atoms with Crippen molar-refractivity contribution < 1.29 is 9.21 Å². The smallest absolute Gasteiger partial charge is 0.289 e. The van der Waals surface area contributed by atoms with Gasteiger partial charge in [-0.1, -0.05) is 26.0 Å². The summed E-state index contributed by atoms with van der Waals surface area (Å²) in [5, 5.41) is 0.918. The van der Waals surface area contributed by atoms with Gasteiger partial charge in [0.1, 0.15) is 5.58 Å². The van der Waals surface area contributed by atoms with E-state index in [1.165, 1.54) is 0 Å². The monoisotopic (exact) mass is 352 g/mol. The molecule has 0 fully saturated rings. The molecule has 1 heterocycles. The van der Waals surface area contributed by atoms with Crippen LogP contribution in [0, 0.1) is 5.41 Å². The normalized spacial score (nSPS) is 11.9. The maximum Gasteiger partial charge on any atom is 0.289 e. The quantitative estimate of drug-likeness (QED) is 0.893. The summed E-state index contributed by atoms with van der Waals surface area (Å²) in [6.07, 6.45) is 0. The highest BCUT2D eigenvalue weighted by atomic mass is 79.9. The number of fused-ring (bicyclic) bond motifs is 1. The summed E-state index contributed by atoms with van der Waals surface area (Å²) in [5.74, 6) is 0.272. The van der Waals surface area contributed by atoms with Crippen molar-refractivity contribution >= 4 is 32.8 Å². The summed E-state index contributed by atoms with van der Waals surface area (Å²) in [6.45, 7) is 7.83. The Hall–Kier alpha value is -1.33. The zero-order valence-corrected chi connectivity index (χ0v) is 14.2. The highest BCUT2D eigenvalue weighted by Gasteiger charge is 2.25. The van der Waals surface area contributed by atoms with Crippen molar-refractivity contribution in [3.63, 3.8) is 0 Å². The largest absolute Gasteiger partial charge is 0.450 e. The Balaban J connectivity index is 2.29. The van der Waals surface area contributed by atoms with Crippen molar-refractivity contribution in [3.8, 4) is 0 Å². The Morgan fingerprint density at radius 3 is 2.71 bits per heavy atom. The Labute approximate surface area is 133 Å². The van der Waals surface area contributed by atoms with Crippen molar-refractivity contribution in [3.05, 3.63) is 34.5 Å². The second-order valence-electron chi connectivity index (χ2n) is 5.96. The van der Waals surface area contributed by atoms with Crippen molar-refractivity contribution in [2.75, 3.05) is 19.6 Å². The Morgan fingerprint density at radius 2 is 2.14 bits per heavy atom. The number of benzene rings is 1. The van der Waals surface area contributed by atoms with Crippen LogP contribution in [-0.2, 0) is 0 Å². The SMILES string of the molecule is CCN(CC(C)(C)CN)C(=O)c1cc2cccc(Br)c2o1. The molecular weight excluding hydrogens is 332 g/mol. The number of halogens is 1. The van der Waals surface area contributed by atoms with Crippen LogP contribution in [0.3, 0.4) is 0 Å². The minimum atomic E-state index is -0.113. The Morgan fingerprint density at radius 1 is 1.43 bits per heavy atom. The van der Waals surface area contributed by atoms with Gasteiger partial charge in [-0.2, -0.15) is 0 Å². The van der Waals surface area contributed by atoms with Gasteiger partial charge in [0.2, 0.25) is 0 Å². The van der Waals surface area contributed by atoms with Gasteiger partial charge >= 0.3 is 0 Å². The van der Waals surface area contributed by atoms with Crippen LogP contribution >= 0.6 is 15.9 Å². The van der Waals surface area contributed by atoms with Crippen molar-refractivity contribution in [2.45, 2.75) is 20.8 Å². The van der Waals surface area contributed by atoms with Gasteiger partial charge in [-0.25, -0.2) is 0 Å². The molecule has 2 N–H and O–H groups in total. The van der Waals surface area contributed by atoms with E-state index in [9.17, 15) is 4.79 Å². The second kappa shape index (κ2) is 6.20. The van der Waals surface area contributed by atoms with Crippen LogP contribution in [0.1, 0.15) is 31.3 Å². The predicted molar refractivity (Wildman–Crippen MR) is 88.3 cm³/mol.